The number of rotatable bonds is 10. The standard InChI is InChI=1S/C18H22N6O15P3/c1-18(9-4-2-3-5-10(9)24(27)36-18)37-41(30,31)39-42(32,33)38-40(28,29)34-6-11-13(25)14(26)17(35-11)23-8-22-12-15(19)20-7-21-16(12)23/h2-5,7-8,11,13-14,17,25-26H,6H2,1H3,(H,28,29)(H,30,31)(H,32,33)(H2,19,20,21)/t11-,13-,14-,17-,18?/m1/s1. The minimum absolute atomic E-state index is 0.0282. The number of ether oxygens (including phenoxy) is 1. The number of aromatic nitrogens is 4. The van der Waals surface area contributed by atoms with Crippen molar-refractivity contribution in [2.24, 2.45) is 0 Å². The first-order valence-electron chi connectivity index (χ1n) is 11.5. The maximum absolute atomic E-state index is 12.5. The molecule has 4 heterocycles. The van der Waals surface area contributed by atoms with E-state index in [4.69, 9.17) is 19.8 Å². The van der Waals surface area contributed by atoms with Crippen LogP contribution >= 0.6 is 23.5 Å². The maximum atomic E-state index is 12.5. The second-order valence-corrected chi connectivity index (χ2v) is 13.5. The van der Waals surface area contributed by atoms with E-state index in [1.165, 1.54) is 35.2 Å². The summed E-state index contributed by atoms with van der Waals surface area (Å²) in [6.07, 6.45) is -3.87. The van der Waals surface area contributed by atoms with Crippen LogP contribution in [0.4, 0.5) is 11.5 Å². The van der Waals surface area contributed by atoms with E-state index >= 15 is 0 Å². The molecule has 2 aliphatic heterocycles. The Balaban J connectivity index is 1.21. The Labute approximate surface area is 234 Å². The normalized spacial score (nSPS) is 30.1. The molecule has 0 bridgehead atoms. The van der Waals surface area contributed by atoms with E-state index in [2.05, 4.69) is 28.1 Å². The van der Waals surface area contributed by atoms with Crippen molar-refractivity contribution in [1.82, 2.24) is 19.5 Å². The van der Waals surface area contributed by atoms with Crippen molar-refractivity contribution >= 4 is 46.1 Å². The van der Waals surface area contributed by atoms with E-state index in [-0.39, 0.29) is 33.5 Å². The molecule has 229 valence electrons. The van der Waals surface area contributed by atoms with Gasteiger partial charge in [-0.05, 0) is 13.0 Å². The van der Waals surface area contributed by atoms with Crippen molar-refractivity contribution in [2.75, 3.05) is 17.6 Å². The van der Waals surface area contributed by atoms with Gasteiger partial charge in [0, 0.05) is 5.56 Å². The number of anilines is 2. The third-order valence-corrected chi connectivity index (χ3v) is 10.3. The van der Waals surface area contributed by atoms with Gasteiger partial charge >= 0.3 is 23.5 Å². The van der Waals surface area contributed by atoms with Crippen molar-refractivity contribution in [2.45, 2.75) is 37.3 Å². The van der Waals surface area contributed by atoms with Crippen LogP contribution < -0.4 is 11.0 Å². The van der Waals surface area contributed by atoms with Gasteiger partial charge in [-0.3, -0.25) is 9.09 Å². The van der Waals surface area contributed by atoms with E-state index in [0.29, 0.717) is 0 Å². The minimum atomic E-state index is -5.91. The fourth-order valence-electron chi connectivity index (χ4n) is 4.20. The number of aliphatic hydroxyl groups excluding tert-OH is 2. The molecule has 0 spiro atoms. The van der Waals surface area contributed by atoms with E-state index in [0.717, 1.165) is 13.3 Å². The number of hydrogen-bond acceptors (Lipinski definition) is 16. The van der Waals surface area contributed by atoms with E-state index in [1.54, 1.807) is 0 Å². The molecule has 3 aromatic rings. The lowest BCUT2D eigenvalue weighted by molar-refractivity contribution is -0.237. The molecule has 5 rings (SSSR count). The zero-order valence-corrected chi connectivity index (χ0v) is 23.6. The Morgan fingerprint density at radius 2 is 1.71 bits per heavy atom. The van der Waals surface area contributed by atoms with Crippen molar-refractivity contribution in [3.63, 3.8) is 0 Å². The molecule has 0 aliphatic carbocycles. The minimum Gasteiger partial charge on any atom is -0.387 e. The molecule has 1 aromatic carbocycles. The molecule has 2 aliphatic rings. The second kappa shape index (κ2) is 10.9. The molecular weight excluding hydrogens is 633 g/mol. The number of fused-ring (bicyclic) bond motifs is 2. The second-order valence-electron chi connectivity index (χ2n) is 8.90. The highest BCUT2D eigenvalue weighted by Gasteiger charge is 2.52. The fourth-order valence-corrected chi connectivity index (χ4v) is 7.90. The third-order valence-electron chi connectivity index (χ3n) is 5.95. The van der Waals surface area contributed by atoms with Gasteiger partial charge in [-0.2, -0.15) is 8.62 Å². The quantitative estimate of drug-likeness (QED) is 0.161. The summed E-state index contributed by atoms with van der Waals surface area (Å²) in [5, 5.41) is 32.8. The van der Waals surface area contributed by atoms with Gasteiger partial charge in [-0.25, -0.2) is 38.0 Å². The molecule has 1 radical (unpaired) electrons. The monoisotopic (exact) mass is 655 g/mol. The van der Waals surface area contributed by atoms with Crippen molar-refractivity contribution in [3.8, 4) is 0 Å². The first-order chi connectivity index (χ1) is 19.5. The molecule has 8 atom stereocenters. The van der Waals surface area contributed by atoms with Crippen LogP contribution in [0.3, 0.4) is 0 Å². The van der Waals surface area contributed by atoms with Gasteiger partial charge in [0.15, 0.2) is 17.7 Å². The fraction of sp³-hybridized carbons (Fsp3) is 0.389. The predicted octanol–water partition coefficient (Wildman–Crippen LogP) is 0.365. The van der Waals surface area contributed by atoms with Gasteiger partial charge in [0.05, 0.1) is 12.9 Å². The van der Waals surface area contributed by atoms with Crippen LogP contribution in [0.25, 0.3) is 11.2 Å². The summed E-state index contributed by atoms with van der Waals surface area (Å²) in [6, 6.07) is 5.51. The third kappa shape index (κ3) is 6.13. The van der Waals surface area contributed by atoms with Crippen LogP contribution in [0.1, 0.15) is 18.7 Å². The lowest BCUT2D eigenvalue weighted by atomic mass is 10.1. The number of aliphatic hydroxyl groups is 2. The molecule has 21 nitrogen and oxygen atoms in total. The van der Waals surface area contributed by atoms with Crippen LogP contribution in [-0.4, -0.2) is 69.3 Å². The Kier molecular flexibility index (Phi) is 8.08. The average Bonchev–Trinajstić information content (AvgIpc) is 3.50. The molecule has 2 aromatic heterocycles. The van der Waals surface area contributed by atoms with Gasteiger partial charge in [0.25, 0.3) is 0 Å². The van der Waals surface area contributed by atoms with Gasteiger partial charge in [-0.1, -0.05) is 28.6 Å². The first-order valence-corrected chi connectivity index (χ1v) is 16.0. The Hall–Kier alpha value is -2.42. The Morgan fingerprint density at radius 1 is 1.02 bits per heavy atom. The maximum Gasteiger partial charge on any atom is 0.490 e. The average molecular weight is 655 g/mol. The highest BCUT2D eigenvalue weighted by atomic mass is 31.3. The molecule has 42 heavy (non-hydrogen) atoms. The zero-order chi connectivity index (χ0) is 30.7. The predicted molar refractivity (Wildman–Crippen MR) is 132 cm³/mol. The summed E-state index contributed by atoms with van der Waals surface area (Å²) in [6.45, 7) is 0.0316. The number of nitrogen functional groups attached to an aromatic ring is 1. The molecular formula is C18H22N6O15P3. The summed E-state index contributed by atoms with van der Waals surface area (Å²) in [5.41, 5.74) is 5.89. The van der Waals surface area contributed by atoms with Gasteiger partial charge in [-0.15, -0.1) is 0 Å². The largest absolute Gasteiger partial charge is 0.490 e. The summed E-state index contributed by atoms with van der Waals surface area (Å²) in [5.74, 6) is -2.24. The van der Waals surface area contributed by atoms with Gasteiger partial charge in [0.2, 0.25) is 5.79 Å². The molecule has 1 saturated heterocycles. The van der Waals surface area contributed by atoms with Crippen LogP contribution in [0.5, 0.6) is 0 Å². The molecule has 0 saturated carbocycles. The number of para-hydroxylation sites is 1. The summed E-state index contributed by atoms with van der Waals surface area (Å²) in [4.78, 5) is 46.5. The van der Waals surface area contributed by atoms with Crippen molar-refractivity contribution in [3.05, 3.63) is 42.5 Å². The van der Waals surface area contributed by atoms with Crippen LogP contribution in [0.15, 0.2) is 36.9 Å². The SMILES string of the molecule is CC1(OP(=O)(O)OP(=O)(O)OP(=O)(O)OC[C@H]2O[C@@H](n3cnc4c(N)ncnc43)[C@H](O)[C@@H]2O)ON([O])c2ccccc21. The Morgan fingerprint density at radius 3 is 2.45 bits per heavy atom. The molecule has 4 unspecified atom stereocenters. The van der Waals surface area contributed by atoms with Crippen molar-refractivity contribution in [1.29, 1.82) is 0 Å². The molecule has 1 fully saturated rings. The highest BCUT2D eigenvalue weighted by molar-refractivity contribution is 7.66. The number of nitrogens with two attached hydrogens (primary N) is 1. The smallest absolute Gasteiger partial charge is 0.387 e. The van der Waals surface area contributed by atoms with Crippen LogP contribution in [0, 0.1) is 0 Å². The summed E-state index contributed by atoms with van der Waals surface area (Å²) < 4.78 is 61.4. The van der Waals surface area contributed by atoms with Crippen LogP contribution in [0.2, 0.25) is 0 Å². The summed E-state index contributed by atoms with van der Waals surface area (Å²) >= 11 is 0. The number of benzene rings is 1. The summed E-state index contributed by atoms with van der Waals surface area (Å²) in [7, 11) is -17.2. The van der Waals surface area contributed by atoms with Gasteiger partial charge in [0.1, 0.15) is 35.8 Å². The molecule has 0 amide bonds. The topological polar surface area (TPSA) is 300 Å². The molecule has 7 N–H and O–H groups in total. The van der Waals surface area contributed by atoms with E-state index < -0.39 is 60.4 Å². The number of phosphoric ester groups is 2. The lowest BCUT2D eigenvalue weighted by Crippen LogP contribution is -2.33. The number of phosphoric acid groups is 3. The highest BCUT2D eigenvalue weighted by Crippen LogP contribution is 2.69. The van der Waals surface area contributed by atoms with Gasteiger partial charge < -0.3 is 35.4 Å². The van der Waals surface area contributed by atoms with Crippen LogP contribution in [-0.2, 0) is 51.9 Å². The number of hydrogen-bond donors (Lipinski definition) is 6. The first kappa shape index (κ1) is 31.0. The van der Waals surface area contributed by atoms with Crippen molar-refractivity contribution < 1.29 is 71.0 Å². The number of nitrogens with zero attached hydrogens (tertiary/aromatic N) is 5. The van der Waals surface area contributed by atoms with E-state index in [1.807, 2.05) is 0 Å². The lowest BCUT2D eigenvalue weighted by Gasteiger charge is -2.26. The zero-order valence-electron chi connectivity index (χ0n) is 21.0. The molecule has 24 heteroatoms. The van der Waals surface area contributed by atoms with E-state index in [9.17, 15) is 43.8 Å². The number of imidazole rings is 1. The Bertz CT molecular complexity index is 1640.